The SMILES string of the molecule is C/C(=C\[C@]1(C)O[C@@H](C)[C@](C)(O)[C@H]1O)CO. The van der Waals surface area contributed by atoms with Crippen LogP contribution in [0.5, 0.6) is 0 Å². The fourth-order valence-corrected chi connectivity index (χ4v) is 2.02. The van der Waals surface area contributed by atoms with Gasteiger partial charge in [0.1, 0.15) is 17.3 Å². The van der Waals surface area contributed by atoms with Gasteiger partial charge in [-0.1, -0.05) is 0 Å². The van der Waals surface area contributed by atoms with Crippen molar-refractivity contribution in [2.24, 2.45) is 0 Å². The second-order valence-corrected chi connectivity index (χ2v) is 4.72. The molecule has 0 saturated carbocycles. The Morgan fingerprint density at radius 1 is 1.47 bits per heavy atom. The molecule has 1 heterocycles. The van der Waals surface area contributed by atoms with Crippen molar-refractivity contribution in [2.45, 2.75) is 51.1 Å². The van der Waals surface area contributed by atoms with Gasteiger partial charge in [0.05, 0.1) is 12.7 Å². The minimum absolute atomic E-state index is 0.0812. The van der Waals surface area contributed by atoms with Crippen LogP contribution in [0.2, 0.25) is 0 Å². The zero-order valence-corrected chi connectivity index (χ0v) is 9.69. The summed E-state index contributed by atoms with van der Waals surface area (Å²) in [6.45, 7) is 6.64. The molecule has 3 N–H and O–H groups in total. The van der Waals surface area contributed by atoms with Crippen molar-refractivity contribution in [3.8, 4) is 0 Å². The van der Waals surface area contributed by atoms with Crippen molar-refractivity contribution in [3.63, 3.8) is 0 Å². The largest absolute Gasteiger partial charge is 0.392 e. The van der Waals surface area contributed by atoms with Crippen molar-refractivity contribution in [3.05, 3.63) is 11.6 Å². The fourth-order valence-electron chi connectivity index (χ4n) is 2.02. The van der Waals surface area contributed by atoms with E-state index in [0.29, 0.717) is 5.57 Å². The summed E-state index contributed by atoms with van der Waals surface area (Å²) in [5, 5.41) is 28.9. The molecule has 0 aromatic heterocycles. The first-order valence-electron chi connectivity index (χ1n) is 5.11. The molecule has 1 aliphatic rings. The normalized spacial score (nSPS) is 47.3. The highest BCUT2D eigenvalue weighted by Crippen LogP contribution is 2.39. The van der Waals surface area contributed by atoms with Gasteiger partial charge in [0.25, 0.3) is 0 Å². The highest BCUT2D eigenvalue weighted by Gasteiger charge is 2.55. The molecular weight excluding hydrogens is 196 g/mol. The molecule has 0 aromatic carbocycles. The third-order valence-electron chi connectivity index (χ3n) is 3.13. The summed E-state index contributed by atoms with van der Waals surface area (Å²) in [6.07, 6.45) is 0.220. The average Bonchev–Trinajstić information content (AvgIpc) is 2.28. The minimum atomic E-state index is -1.26. The summed E-state index contributed by atoms with van der Waals surface area (Å²) in [5.74, 6) is 0. The summed E-state index contributed by atoms with van der Waals surface area (Å²) in [5.41, 5.74) is -1.49. The molecule has 4 nitrogen and oxygen atoms in total. The predicted molar refractivity (Wildman–Crippen MR) is 56.4 cm³/mol. The standard InChI is InChI=1S/C11H20O4/c1-7(6-12)5-10(3)9(13)11(4,14)8(2)15-10/h5,8-9,12-14H,6H2,1-4H3/b7-5+/t8-,9-,10-,11-/m0/s1. The highest BCUT2D eigenvalue weighted by molar-refractivity contribution is 5.18. The Morgan fingerprint density at radius 2 is 2.00 bits per heavy atom. The maximum absolute atomic E-state index is 9.99. The molecule has 15 heavy (non-hydrogen) atoms. The van der Waals surface area contributed by atoms with E-state index in [-0.39, 0.29) is 6.61 Å². The number of aliphatic hydroxyl groups excluding tert-OH is 2. The van der Waals surface area contributed by atoms with Gasteiger partial charge in [-0.25, -0.2) is 0 Å². The van der Waals surface area contributed by atoms with Gasteiger partial charge >= 0.3 is 0 Å². The Kier molecular flexibility index (Phi) is 3.26. The predicted octanol–water partition coefficient (Wildman–Crippen LogP) is 0.214. The Labute approximate surface area is 90.2 Å². The molecule has 0 aromatic rings. The lowest BCUT2D eigenvalue weighted by Gasteiger charge is -2.28. The number of rotatable bonds is 2. The molecule has 0 radical (unpaired) electrons. The quantitative estimate of drug-likeness (QED) is 0.577. The molecule has 0 unspecified atom stereocenters. The van der Waals surface area contributed by atoms with Crippen molar-refractivity contribution in [1.29, 1.82) is 0 Å². The highest BCUT2D eigenvalue weighted by atomic mass is 16.6. The van der Waals surface area contributed by atoms with Gasteiger partial charge in [0.15, 0.2) is 0 Å². The smallest absolute Gasteiger partial charge is 0.117 e. The van der Waals surface area contributed by atoms with E-state index in [9.17, 15) is 10.2 Å². The first kappa shape index (κ1) is 12.6. The molecule has 4 heteroatoms. The zero-order chi connectivity index (χ0) is 11.9. The minimum Gasteiger partial charge on any atom is -0.392 e. The van der Waals surface area contributed by atoms with E-state index < -0.39 is 23.4 Å². The molecule has 0 bridgehead atoms. The van der Waals surface area contributed by atoms with Gasteiger partial charge in [-0.15, -0.1) is 0 Å². The van der Waals surface area contributed by atoms with Crippen molar-refractivity contribution in [1.82, 2.24) is 0 Å². The van der Waals surface area contributed by atoms with Crippen LogP contribution in [0.15, 0.2) is 11.6 Å². The molecule has 0 aliphatic carbocycles. The van der Waals surface area contributed by atoms with E-state index in [0.717, 1.165) is 0 Å². The van der Waals surface area contributed by atoms with E-state index in [2.05, 4.69) is 0 Å². The molecule has 1 fully saturated rings. The summed E-state index contributed by atoms with van der Waals surface area (Å²) >= 11 is 0. The number of ether oxygens (including phenoxy) is 1. The van der Waals surface area contributed by atoms with Gasteiger partial charge in [0, 0.05) is 0 Å². The van der Waals surface area contributed by atoms with Crippen LogP contribution in [-0.2, 0) is 4.74 Å². The third kappa shape index (κ3) is 2.08. The fraction of sp³-hybridized carbons (Fsp3) is 0.818. The number of aliphatic hydroxyl groups is 3. The van der Waals surface area contributed by atoms with Crippen molar-refractivity contribution < 1.29 is 20.1 Å². The zero-order valence-electron chi connectivity index (χ0n) is 9.69. The molecule has 4 atom stereocenters. The first-order chi connectivity index (χ1) is 6.74. The number of hydrogen-bond donors (Lipinski definition) is 3. The van der Waals surface area contributed by atoms with Crippen LogP contribution >= 0.6 is 0 Å². The lowest BCUT2D eigenvalue weighted by Crippen LogP contribution is -2.47. The van der Waals surface area contributed by atoms with Crippen LogP contribution in [0.3, 0.4) is 0 Å². The molecule has 1 saturated heterocycles. The van der Waals surface area contributed by atoms with Crippen LogP contribution in [0.25, 0.3) is 0 Å². The van der Waals surface area contributed by atoms with Crippen LogP contribution in [-0.4, -0.2) is 45.3 Å². The van der Waals surface area contributed by atoms with E-state index in [1.165, 1.54) is 0 Å². The van der Waals surface area contributed by atoms with Crippen molar-refractivity contribution in [2.75, 3.05) is 6.61 Å². The Hall–Kier alpha value is -0.420. The first-order valence-corrected chi connectivity index (χ1v) is 5.11. The van der Waals surface area contributed by atoms with Gasteiger partial charge in [0.2, 0.25) is 0 Å². The van der Waals surface area contributed by atoms with E-state index in [1.54, 1.807) is 33.8 Å². The molecule has 88 valence electrons. The Morgan fingerprint density at radius 3 is 2.33 bits per heavy atom. The van der Waals surface area contributed by atoms with Crippen LogP contribution in [0.4, 0.5) is 0 Å². The summed E-state index contributed by atoms with van der Waals surface area (Å²) < 4.78 is 5.56. The molecule has 1 aliphatic heterocycles. The lowest BCUT2D eigenvalue weighted by atomic mass is 9.86. The van der Waals surface area contributed by atoms with Crippen LogP contribution < -0.4 is 0 Å². The summed E-state index contributed by atoms with van der Waals surface area (Å²) in [4.78, 5) is 0. The number of hydrogen-bond acceptors (Lipinski definition) is 4. The molecular formula is C11H20O4. The monoisotopic (exact) mass is 216 g/mol. The maximum atomic E-state index is 9.99. The van der Waals surface area contributed by atoms with Crippen LogP contribution in [0, 0.1) is 0 Å². The molecule has 1 rings (SSSR count). The van der Waals surface area contributed by atoms with Gasteiger partial charge in [-0.05, 0) is 39.3 Å². The van der Waals surface area contributed by atoms with Gasteiger partial charge in [-0.2, -0.15) is 0 Å². The van der Waals surface area contributed by atoms with Gasteiger partial charge in [-0.3, -0.25) is 0 Å². The van der Waals surface area contributed by atoms with Gasteiger partial charge < -0.3 is 20.1 Å². The average molecular weight is 216 g/mol. The molecule has 0 amide bonds. The van der Waals surface area contributed by atoms with E-state index in [1.807, 2.05) is 0 Å². The van der Waals surface area contributed by atoms with E-state index >= 15 is 0 Å². The van der Waals surface area contributed by atoms with Crippen LogP contribution in [0.1, 0.15) is 27.7 Å². The van der Waals surface area contributed by atoms with Crippen molar-refractivity contribution >= 4 is 0 Å². The second-order valence-electron chi connectivity index (χ2n) is 4.72. The Balaban J connectivity index is 2.99. The Bertz CT molecular complexity index is 272. The maximum Gasteiger partial charge on any atom is 0.117 e. The van der Waals surface area contributed by atoms with E-state index in [4.69, 9.17) is 9.84 Å². The second kappa shape index (κ2) is 3.87. The summed E-state index contributed by atoms with van der Waals surface area (Å²) in [6, 6.07) is 0. The molecule has 0 spiro atoms. The third-order valence-corrected chi connectivity index (χ3v) is 3.13. The lowest BCUT2D eigenvalue weighted by molar-refractivity contribution is -0.0580. The summed E-state index contributed by atoms with van der Waals surface area (Å²) in [7, 11) is 0. The topological polar surface area (TPSA) is 69.9 Å².